The van der Waals surface area contributed by atoms with Crippen LogP contribution < -0.4 is 5.32 Å². The number of nitrogens with zero attached hydrogens (tertiary/aromatic N) is 3. The molecule has 1 aromatic carbocycles. The van der Waals surface area contributed by atoms with E-state index in [9.17, 15) is 10.1 Å². The SMILES string of the molecule is Cc1nn(C)c(N[C@@H]2CCc3c(Cl)cccc32)c1[N+](=O)[O-]. The van der Waals surface area contributed by atoms with Crippen LogP contribution >= 0.6 is 11.6 Å². The van der Waals surface area contributed by atoms with Crippen molar-refractivity contribution in [2.24, 2.45) is 7.05 Å². The number of aryl methyl sites for hydroxylation is 2. The molecule has 110 valence electrons. The van der Waals surface area contributed by atoms with Gasteiger partial charge in [0.15, 0.2) is 0 Å². The van der Waals surface area contributed by atoms with Crippen molar-refractivity contribution in [2.75, 3.05) is 5.32 Å². The lowest BCUT2D eigenvalue weighted by Crippen LogP contribution is -2.11. The van der Waals surface area contributed by atoms with E-state index >= 15 is 0 Å². The molecule has 0 fully saturated rings. The summed E-state index contributed by atoms with van der Waals surface area (Å²) in [6, 6.07) is 5.82. The zero-order chi connectivity index (χ0) is 15.1. The van der Waals surface area contributed by atoms with Gasteiger partial charge in [-0.25, -0.2) is 4.68 Å². The van der Waals surface area contributed by atoms with Gasteiger partial charge in [-0.15, -0.1) is 0 Å². The maximum absolute atomic E-state index is 11.2. The first-order valence-corrected chi connectivity index (χ1v) is 7.08. The number of fused-ring (bicyclic) bond motifs is 1. The number of nitro groups is 1. The van der Waals surface area contributed by atoms with E-state index in [0.717, 1.165) is 29.0 Å². The fourth-order valence-corrected chi connectivity index (χ4v) is 3.23. The third-order valence-electron chi connectivity index (χ3n) is 3.90. The van der Waals surface area contributed by atoms with Crippen LogP contribution in [-0.2, 0) is 13.5 Å². The normalized spacial score (nSPS) is 16.8. The summed E-state index contributed by atoms with van der Waals surface area (Å²) >= 11 is 6.20. The van der Waals surface area contributed by atoms with Crippen LogP contribution in [0, 0.1) is 17.0 Å². The van der Waals surface area contributed by atoms with Gasteiger partial charge in [-0.2, -0.15) is 5.10 Å². The Morgan fingerprint density at radius 3 is 3.00 bits per heavy atom. The van der Waals surface area contributed by atoms with Gasteiger partial charge in [-0.1, -0.05) is 23.7 Å². The van der Waals surface area contributed by atoms with Crippen molar-refractivity contribution in [3.63, 3.8) is 0 Å². The summed E-state index contributed by atoms with van der Waals surface area (Å²) in [4.78, 5) is 10.8. The van der Waals surface area contributed by atoms with Crippen LogP contribution in [-0.4, -0.2) is 14.7 Å². The second kappa shape index (κ2) is 5.04. The smallest absolute Gasteiger partial charge is 0.333 e. The standard InChI is InChI=1S/C14H15ClN4O2/c1-8-13(19(20)21)14(18(2)17-8)16-12-7-6-9-10(12)4-3-5-11(9)15/h3-5,12,16H,6-7H2,1-2H3/t12-/m1/s1. The molecule has 0 aliphatic heterocycles. The summed E-state index contributed by atoms with van der Waals surface area (Å²) in [7, 11) is 1.70. The number of benzene rings is 1. The zero-order valence-electron chi connectivity index (χ0n) is 11.8. The summed E-state index contributed by atoms with van der Waals surface area (Å²) in [5.74, 6) is 0.440. The molecule has 6 nitrogen and oxygen atoms in total. The Morgan fingerprint density at radius 1 is 1.52 bits per heavy atom. The fraction of sp³-hybridized carbons (Fsp3) is 0.357. The van der Waals surface area contributed by atoms with E-state index in [4.69, 9.17) is 11.6 Å². The summed E-state index contributed by atoms with van der Waals surface area (Å²) in [5.41, 5.74) is 2.68. The topological polar surface area (TPSA) is 73.0 Å². The van der Waals surface area contributed by atoms with Gasteiger partial charge in [0.2, 0.25) is 5.82 Å². The van der Waals surface area contributed by atoms with E-state index in [1.165, 1.54) is 4.68 Å². The van der Waals surface area contributed by atoms with Crippen LogP contribution in [0.3, 0.4) is 0 Å². The van der Waals surface area contributed by atoms with E-state index in [-0.39, 0.29) is 11.7 Å². The van der Waals surface area contributed by atoms with Gasteiger partial charge in [0.1, 0.15) is 5.69 Å². The molecule has 0 saturated heterocycles. The Kier molecular flexibility index (Phi) is 3.33. The van der Waals surface area contributed by atoms with Crippen LogP contribution in [0.25, 0.3) is 0 Å². The third kappa shape index (κ3) is 2.25. The summed E-state index contributed by atoms with van der Waals surface area (Å²) < 4.78 is 1.52. The number of anilines is 1. The molecule has 0 saturated carbocycles. The van der Waals surface area contributed by atoms with Crippen LogP contribution in [0.1, 0.15) is 29.3 Å². The molecule has 1 atom stereocenters. The highest BCUT2D eigenvalue weighted by molar-refractivity contribution is 6.31. The zero-order valence-corrected chi connectivity index (χ0v) is 12.5. The Morgan fingerprint density at radius 2 is 2.29 bits per heavy atom. The summed E-state index contributed by atoms with van der Waals surface area (Å²) in [6.45, 7) is 1.64. The number of hydrogen-bond acceptors (Lipinski definition) is 4. The largest absolute Gasteiger partial charge is 0.358 e. The van der Waals surface area contributed by atoms with Crippen molar-refractivity contribution < 1.29 is 4.92 Å². The molecule has 1 heterocycles. The molecule has 0 amide bonds. The van der Waals surface area contributed by atoms with Gasteiger partial charge in [0.25, 0.3) is 0 Å². The minimum absolute atomic E-state index is 0.0206. The van der Waals surface area contributed by atoms with Gasteiger partial charge in [0.05, 0.1) is 11.0 Å². The molecule has 1 aromatic heterocycles. The Bertz CT molecular complexity index is 726. The lowest BCUT2D eigenvalue weighted by molar-refractivity contribution is -0.384. The highest BCUT2D eigenvalue weighted by Crippen LogP contribution is 2.39. The number of rotatable bonds is 3. The first kappa shape index (κ1) is 13.9. The van der Waals surface area contributed by atoms with Gasteiger partial charge in [0, 0.05) is 12.1 Å². The van der Waals surface area contributed by atoms with Gasteiger partial charge >= 0.3 is 5.69 Å². The average Bonchev–Trinajstić information content (AvgIpc) is 2.93. The Balaban J connectivity index is 1.97. The molecule has 0 bridgehead atoms. The highest BCUT2D eigenvalue weighted by Gasteiger charge is 2.30. The van der Waals surface area contributed by atoms with Crippen molar-refractivity contribution in [3.8, 4) is 0 Å². The molecule has 0 spiro atoms. The first-order valence-electron chi connectivity index (χ1n) is 6.71. The quantitative estimate of drug-likeness (QED) is 0.697. The predicted octanol–water partition coefficient (Wildman–Crippen LogP) is 3.39. The van der Waals surface area contributed by atoms with Crippen molar-refractivity contribution >= 4 is 23.1 Å². The van der Waals surface area contributed by atoms with Crippen LogP contribution in [0.2, 0.25) is 5.02 Å². The van der Waals surface area contributed by atoms with Crippen LogP contribution in [0.5, 0.6) is 0 Å². The van der Waals surface area contributed by atoms with Crippen LogP contribution in [0.15, 0.2) is 18.2 Å². The molecule has 0 unspecified atom stereocenters. The second-order valence-electron chi connectivity index (χ2n) is 5.21. The van der Waals surface area contributed by atoms with Gasteiger partial charge in [-0.05, 0) is 37.0 Å². The Hall–Kier alpha value is -2.08. The summed E-state index contributed by atoms with van der Waals surface area (Å²) in [6.07, 6.45) is 1.73. The maximum atomic E-state index is 11.2. The van der Waals surface area contributed by atoms with Gasteiger partial charge in [-0.3, -0.25) is 10.1 Å². The number of aromatic nitrogens is 2. The molecule has 3 rings (SSSR count). The molecule has 7 heteroatoms. The molecule has 1 aliphatic rings. The number of nitrogens with one attached hydrogen (secondary N) is 1. The Labute approximate surface area is 126 Å². The van der Waals surface area contributed by atoms with E-state index < -0.39 is 4.92 Å². The summed E-state index contributed by atoms with van der Waals surface area (Å²) in [5, 5.41) is 19.4. The van der Waals surface area contributed by atoms with E-state index in [1.807, 2.05) is 18.2 Å². The van der Waals surface area contributed by atoms with Crippen molar-refractivity contribution in [2.45, 2.75) is 25.8 Å². The molecule has 21 heavy (non-hydrogen) atoms. The maximum Gasteiger partial charge on any atom is 0.333 e. The van der Waals surface area contributed by atoms with E-state index in [2.05, 4.69) is 10.4 Å². The second-order valence-corrected chi connectivity index (χ2v) is 5.61. The lowest BCUT2D eigenvalue weighted by atomic mass is 10.1. The van der Waals surface area contributed by atoms with Crippen molar-refractivity contribution in [1.82, 2.24) is 9.78 Å². The van der Waals surface area contributed by atoms with Crippen molar-refractivity contribution in [3.05, 3.63) is 50.2 Å². The molecular formula is C14H15ClN4O2. The molecular weight excluding hydrogens is 292 g/mol. The van der Waals surface area contributed by atoms with Crippen LogP contribution in [0.4, 0.5) is 11.5 Å². The first-order chi connectivity index (χ1) is 9.99. The highest BCUT2D eigenvalue weighted by atomic mass is 35.5. The van der Waals surface area contributed by atoms with Crippen molar-refractivity contribution in [1.29, 1.82) is 0 Å². The predicted molar refractivity (Wildman–Crippen MR) is 80.7 cm³/mol. The molecule has 1 N–H and O–H groups in total. The fourth-order valence-electron chi connectivity index (χ4n) is 2.95. The monoisotopic (exact) mass is 306 g/mol. The molecule has 2 aromatic rings. The molecule has 1 aliphatic carbocycles. The molecule has 0 radical (unpaired) electrons. The minimum Gasteiger partial charge on any atom is -0.358 e. The van der Waals surface area contributed by atoms with E-state index in [0.29, 0.717) is 11.5 Å². The lowest BCUT2D eigenvalue weighted by Gasteiger charge is -2.15. The number of hydrogen-bond donors (Lipinski definition) is 1. The average molecular weight is 307 g/mol. The van der Waals surface area contributed by atoms with Gasteiger partial charge < -0.3 is 5.32 Å². The number of halogens is 1. The van der Waals surface area contributed by atoms with E-state index in [1.54, 1.807) is 14.0 Å². The minimum atomic E-state index is -0.390. The third-order valence-corrected chi connectivity index (χ3v) is 4.25.